The molecule has 2 aliphatic rings. The largest absolute Gasteiger partial charge is 0.461 e. The van der Waals surface area contributed by atoms with Gasteiger partial charge in [-0.15, -0.1) is 0 Å². The molecule has 3 rings (SSSR count). The Hall–Kier alpha value is -1.31. The van der Waals surface area contributed by atoms with Gasteiger partial charge in [0.15, 0.2) is 5.43 Å². The maximum absolute atomic E-state index is 12.1. The Kier molecular flexibility index (Phi) is 2.01. The number of aryl methyl sites for hydroxylation is 1. The van der Waals surface area contributed by atoms with Crippen molar-refractivity contribution in [2.24, 2.45) is 0 Å². The summed E-state index contributed by atoms with van der Waals surface area (Å²) in [6, 6.07) is 0. The zero-order valence-corrected chi connectivity index (χ0v) is 8.71. The lowest BCUT2D eigenvalue weighted by molar-refractivity contribution is 0.422. The smallest absolute Gasteiger partial charge is 0.195 e. The van der Waals surface area contributed by atoms with Gasteiger partial charge in [-0.25, -0.2) is 0 Å². The van der Waals surface area contributed by atoms with Gasteiger partial charge in [-0.3, -0.25) is 4.79 Å². The van der Waals surface area contributed by atoms with E-state index in [9.17, 15) is 4.79 Å². The Bertz CT molecular complexity index is 563. The monoisotopic (exact) mass is 202 g/mol. The fourth-order valence-electron chi connectivity index (χ4n) is 2.48. The number of rotatable bonds is 0. The van der Waals surface area contributed by atoms with Gasteiger partial charge in [0, 0.05) is 12.0 Å². The molecule has 0 spiro atoms. The summed E-state index contributed by atoms with van der Waals surface area (Å²) in [7, 11) is 0. The predicted molar refractivity (Wildman–Crippen MR) is 59.0 cm³/mol. The van der Waals surface area contributed by atoms with Crippen molar-refractivity contribution in [2.75, 3.05) is 0 Å². The van der Waals surface area contributed by atoms with Crippen LogP contribution in [0, 0.1) is 0 Å². The summed E-state index contributed by atoms with van der Waals surface area (Å²) in [5.41, 5.74) is 1.97. The standard InChI is InChI=1S/C13H14O2/c14-13-9-5-1-3-7-11(9)15-12-8-4-2-6-10(12)13/h5,7H,1-4,6,8H2. The third kappa shape index (κ3) is 1.36. The molecule has 0 atom stereocenters. The van der Waals surface area contributed by atoms with Gasteiger partial charge in [-0.1, -0.05) is 6.08 Å². The number of hydrogen-bond donors (Lipinski definition) is 0. The van der Waals surface area contributed by atoms with E-state index in [0.717, 1.165) is 60.5 Å². The van der Waals surface area contributed by atoms with Crippen LogP contribution in [0.2, 0.25) is 0 Å². The van der Waals surface area contributed by atoms with Crippen LogP contribution < -0.4 is 16.1 Å². The van der Waals surface area contributed by atoms with Crippen molar-refractivity contribution in [1.82, 2.24) is 0 Å². The van der Waals surface area contributed by atoms with E-state index in [2.05, 4.69) is 0 Å². The van der Waals surface area contributed by atoms with Crippen LogP contribution in [0.4, 0.5) is 0 Å². The molecule has 0 saturated carbocycles. The van der Waals surface area contributed by atoms with Crippen LogP contribution in [0.5, 0.6) is 0 Å². The SMILES string of the molecule is O=c1c2c(oc3c1=CCCC=3)CCCC2. The molecule has 2 nitrogen and oxygen atoms in total. The third-order valence-corrected chi connectivity index (χ3v) is 3.28. The molecule has 78 valence electrons. The molecule has 0 aliphatic heterocycles. The minimum absolute atomic E-state index is 0.224. The zero-order valence-electron chi connectivity index (χ0n) is 8.71. The molecule has 1 heterocycles. The first-order valence-corrected chi connectivity index (χ1v) is 5.71. The van der Waals surface area contributed by atoms with E-state index in [-0.39, 0.29) is 5.43 Å². The fourth-order valence-corrected chi connectivity index (χ4v) is 2.48. The molecular formula is C13H14O2. The molecule has 15 heavy (non-hydrogen) atoms. The van der Waals surface area contributed by atoms with Crippen molar-refractivity contribution < 1.29 is 4.42 Å². The maximum Gasteiger partial charge on any atom is 0.195 e. The highest BCUT2D eigenvalue weighted by Gasteiger charge is 2.16. The van der Waals surface area contributed by atoms with Gasteiger partial charge in [0.25, 0.3) is 0 Å². The van der Waals surface area contributed by atoms with Crippen molar-refractivity contribution in [1.29, 1.82) is 0 Å². The van der Waals surface area contributed by atoms with E-state index < -0.39 is 0 Å². The molecule has 1 aromatic heterocycles. The molecule has 0 radical (unpaired) electrons. The number of hydrogen-bond acceptors (Lipinski definition) is 2. The van der Waals surface area contributed by atoms with E-state index in [1.807, 2.05) is 12.2 Å². The van der Waals surface area contributed by atoms with Crippen LogP contribution in [0.1, 0.15) is 37.0 Å². The van der Waals surface area contributed by atoms with Gasteiger partial charge in [0.05, 0.1) is 5.22 Å². The van der Waals surface area contributed by atoms with Crippen LogP contribution in [-0.4, -0.2) is 0 Å². The molecule has 2 heteroatoms. The van der Waals surface area contributed by atoms with E-state index in [1.54, 1.807) is 0 Å². The Balaban J connectivity index is 2.41. The third-order valence-electron chi connectivity index (χ3n) is 3.28. The Morgan fingerprint density at radius 3 is 2.80 bits per heavy atom. The molecule has 0 fully saturated rings. The summed E-state index contributed by atoms with van der Waals surface area (Å²) >= 11 is 0. The lowest BCUT2D eigenvalue weighted by Gasteiger charge is -2.13. The summed E-state index contributed by atoms with van der Waals surface area (Å²) in [6.07, 6.45) is 10.1. The lowest BCUT2D eigenvalue weighted by Crippen LogP contribution is -2.43. The highest BCUT2D eigenvalue weighted by Crippen LogP contribution is 2.15. The first-order chi connectivity index (χ1) is 7.36. The van der Waals surface area contributed by atoms with Crippen molar-refractivity contribution in [3.8, 4) is 0 Å². The molecule has 0 bridgehead atoms. The first kappa shape index (κ1) is 8.96. The molecule has 0 amide bonds. The van der Waals surface area contributed by atoms with E-state index in [1.165, 1.54) is 0 Å². The predicted octanol–water partition coefficient (Wildman–Crippen LogP) is 0.873. The van der Waals surface area contributed by atoms with Crippen LogP contribution in [0.3, 0.4) is 0 Å². The average molecular weight is 202 g/mol. The first-order valence-electron chi connectivity index (χ1n) is 5.71. The minimum Gasteiger partial charge on any atom is -0.461 e. The van der Waals surface area contributed by atoms with Gasteiger partial charge in [0.2, 0.25) is 0 Å². The van der Waals surface area contributed by atoms with Crippen LogP contribution in [0.25, 0.3) is 12.2 Å². The highest BCUT2D eigenvalue weighted by atomic mass is 16.3. The van der Waals surface area contributed by atoms with Gasteiger partial charge >= 0.3 is 0 Å². The molecule has 0 N–H and O–H groups in total. The van der Waals surface area contributed by atoms with Crippen molar-refractivity contribution in [2.45, 2.75) is 38.5 Å². The topological polar surface area (TPSA) is 30.2 Å². The molecule has 2 aliphatic carbocycles. The van der Waals surface area contributed by atoms with Crippen LogP contribution in [0.15, 0.2) is 9.21 Å². The lowest BCUT2D eigenvalue weighted by atomic mass is 9.96. The number of fused-ring (bicyclic) bond motifs is 2. The van der Waals surface area contributed by atoms with Gasteiger partial charge < -0.3 is 4.42 Å². The van der Waals surface area contributed by atoms with Crippen LogP contribution >= 0.6 is 0 Å². The van der Waals surface area contributed by atoms with Gasteiger partial charge in [-0.2, -0.15) is 0 Å². The normalized spacial score (nSPS) is 18.4. The molecule has 1 aromatic rings. The van der Waals surface area contributed by atoms with Crippen LogP contribution in [-0.2, 0) is 12.8 Å². The van der Waals surface area contributed by atoms with Gasteiger partial charge in [0.1, 0.15) is 11.2 Å². The van der Waals surface area contributed by atoms with E-state index >= 15 is 0 Å². The second-order valence-electron chi connectivity index (χ2n) is 4.30. The van der Waals surface area contributed by atoms with E-state index in [0.29, 0.717) is 0 Å². The molecule has 0 unspecified atom stereocenters. The van der Waals surface area contributed by atoms with E-state index in [4.69, 9.17) is 4.42 Å². The van der Waals surface area contributed by atoms with Crippen molar-refractivity contribution in [3.05, 3.63) is 32.2 Å². The maximum atomic E-state index is 12.1. The molecular weight excluding hydrogens is 188 g/mol. The van der Waals surface area contributed by atoms with Gasteiger partial charge in [-0.05, 0) is 38.2 Å². The average Bonchev–Trinajstić information content (AvgIpc) is 2.30. The Morgan fingerprint density at radius 2 is 1.87 bits per heavy atom. The summed E-state index contributed by atoms with van der Waals surface area (Å²) in [5, 5.41) is 0.807. The highest BCUT2D eigenvalue weighted by molar-refractivity contribution is 5.37. The summed E-state index contributed by atoms with van der Waals surface area (Å²) in [6.45, 7) is 0. The summed E-state index contributed by atoms with van der Waals surface area (Å²) in [5.74, 6) is 0.941. The van der Waals surface area contributed by atoms with Crippen molar-refractivity contribution in [3.63, 3.8) is 0 Å². The Morgan fingerprint density at radius 1 is 1.07 bits per heavy atom. The molecule has 0 aromatic carbocycles. The Labute approximate surface area is 87.9 Å². The quantitative estimate of drug-likeness (QED) is 0.625. The summed E-state index contributed by atoms with van der Waals surface area (Å²) in [4.78, 5) is 12.1. The zero-order chi connectivity index (χ0) is 10.3. The minimum atomic E-state index is 0.224. The fraction of sp³-hybridized carbons (Fsp3) is 0.462. The molecule has 0 saturated heterocycles. The summed E-state index contributed by atoms with van der Waals surface area (Å²) < 4.78 is 5.82. The second-order valence-corrected chi connectivity index (χ2v) is 4.30. The van der Waals surface area contributed by atoms with Crippen molar-refractivity contribution >= 4 is 12.2 Å². The second kappa shape index (κ2) is 3.37.